The van der Waals surface area contributed by atoms with Crippen molar-refractivity contribution in [1.29, 1.82) is 0 Å². The number of hydrogen-bond acceptors (Lipinski definition) is 3. The Labute approximate surface area is 190 Å². The van der Waals surface area contributed by atoms with Crippen LogP contribution < -0.4 is 0 Å². The van der Waals surface area contributed by atoms with E-state index in [1.807, 2.05) is 0 Å². The lowest BCUT2D eigenvalue weighted by molar-refractivity contribution is -0.0854. The summed E-state index contributed by atoms with van der Waals surface area (Å²) in [5, 5.41) is 32.0. The fraction of sp³-hybridized carbons (Fsp3) is 0.857. The molecule has 0 amide bonds. The zero-order valence-electron chi connectivity index (χ0n) is 20.5. The van der Waals surface area contributed by atoms with Crippen LogP contribution in [0.1, 0.15) is 86.0 Å². The molecule has 3 saturated carbocycles. The van der Waals surface area contributed by atoms with Crippen LogP contribution in [0.25, 0.3) is 0 Å². The summed E-state index contributed by atoms with van der Waals surface area (Å²) in [6, 6.07) is 0. The van der Waals surface area contributed by atoms with Crippen molar-refractivity contribution < 1.29 is 15.3 Å². The van der Waals surface area contributed by atoms with Crippen LogP contribution >= 0.6 is 0 Å². The summed E-state index contributed by atoms with van der Waals surface area (Å²) in [7, 11) is 0. The number of aliphatic hydroxyl groups is 3. The molecule has 31 heavy (non-hydrogen) atoms. The normalized spacial score (nSPS) is 46.5. The van der Waals surface area contributed by atoms with Crippen molar-refractivity contribution in [2.75, 3.05) is 0 Å². The van der Waals surface area contributed by atoms with Crippen LogP contribution in [0, 0.1) is 46.3 Å². The van der Waals surface area contributed by atoms with Gasteiger partial charge in [0.2, 0.25) is 0 Å². The van der Waals surface area contributed by atoms with Crippen LogP contribution in [-0.2, 0) is 0 Å². The van der Waals surface area contributed by atoms with Crippen LogP contribution in [-0.4, -0.2) is 33.6 Å². The van der Waals surface area contributed by atoms with Crippen molar-refractivity contribution >= 4 is 0 Å². The minimum Gasteiger partial charge on any atom is -0.393 e. The molecule has 4 aliphatic carbocycles. The smallest absolute Gasteiger partial charge is 0.101 e. The highest BCUT2D eigenvalue weighted by Crippen LogP contribution is 2.67. The van der Waals surface area contributed by atoms with Crippen LogP contribution in [0.4, 0.5) is 0 Å². The lowest BCUT2D eigenvalue weighted by atomic mass is 9.46. The van der Waals surface area contributed by atoms with Gasteiger partial charge in [0, 0.05) is 0 Å². The van der Waals surface area contributed by atoms with Crippen LogP contribution in [0.15, 0.2) is 23.8 Å². The van der Waals surface area contributed by atoms with Crippen LogP contribution in [0.5, 0.6) is 0 Å². The molecular weight excluding hydrogens is 384 g/mol. The molecule has 0 aromatic carbocycles. The summed E-state index contributed by atoms with van der Waals surface area (Å²) in [5.41, 5.74) is 2.64. The molecule has 0 aromatic rings. The highest BCUT2D eigenvalue weighted by atomic mass is 16.3. The van der Waals surface area contributed by atoms with Gasteiger partial charge >= 0.3 is 0 Å². The predicted octanol–water partition coefficient (Wildman–Crippen LogP) is 5.50. The number of aliphatic hydroxyl groups excluding tert-OH is 3. The number of rotatable bonds is 5. The second-order valence-corrected chi connectivity index (χ2v) is 12.4. The lowest BCUT2D eigenvalue weighted by Gasteiger charge is -2.59. The van der Waals surface area contributed by atoms with Gasteiger partial charge in [-0.1, -0.05) is 52.8 Å². The molecule has 0 radical (unpaired) electrons. The van der Waals surface area contributed by atoms with Gasteiger partial charge in [-0.2, -0.15) is 0 Å². The van der Waals surface area contributed by atoms with E-state index in [4.69, 9.17) is 0 Å². The van der Waals surface area contributed by atoms with Gasteiger partial charge < -0.3 is 15.3 Å². The Morgan fingerprint density at radius 1 is 1.06 bits per heavy atom. The molecule has 3 heteroatoms. The third-order valence-corrected chi connectivity index (χ3v) is 10.8. The van der Waals surface area contributed by atoms with Crippen molar-refractivity contribution in [3.63, 3.8) is 0 Å². The number of allylic oxidation sites excluding steroid dienone is 1. The van der Waals surface area contributed by atoms with E-state index >= 15 is 0 Å². The van der Waals surface area contributed by atoms with E-state index in [-0.39, 0.29) is 11.5 Å². The Balaban J connectivity index is 1.54. The monoisotopic (exact) mass is 430 g/mol. The van der Waals surface area contributed by atoms with Gasteiger partial charge in [0.25, 0.3) is 0 Å². The zero-order valence-corrected chi connectivity index (χ0v) is 20.5. The first-order valence-corrected chi connectivity index (χ1v) is 12.9. The van der Waals surface area contributed by atoms with Gasteiger partial charge in [-0.3, -0.25) is 0 Å². The summed E-state index contributed by atoms with van der Waals surface area (Å²) in [6.45, 7) is 15.7. The van der Waals surface area contributed by atoms with E-state index in [0.717, 1.165) is 24.8 Å². The third kappa shape index (κ3) is 3.67. The molecule has 10 unspecified atom stereocenters. The molecule has 0 saturated heterocycles. The quantitative estimate of drug-likeness (QED) is 0.505. The second kappa shape index (κ2) is 8.29. The second-order valence-electron chi connectivity index (χ2n) is 12.4. The van der Waals surface area contributed by atoms with E-state index in [9.17, 15) is 15.3 Å². The Bertz CT molecular complexity index is 726. The third-order valence-electron chi connectivity index (χ3n) is 10.8. The van der Waals surface area contributed by atoms with Crippen LogP contribution in [0.2, 0.25) is 0 Å². The van der Waals surface area contributed by atoms with Gasteiger partial charge in [-0.25, -0.2) is 0 Å². The molecule has 4 rings (SSSR count). The van der Waals surface area contributed by atoms with Gasteiger partial charge in [-0.05, 0) is 103 Å². The molecule has 10 atom stereocenters. The Hall–Kier alpha value is -0.640. The first-order valence-electron chi connectivity index (χ1n) is 12.9. The molecule has 176 valence electrons. The molecule has 0 heterocycles. The molecule has 3 nitrogen and oxygen atoms in total. The maximum atomic E-state index is 11.1. The van der Waals surface area contributed by atoms with E-state index in [1.165, 1.54) is 31.3 Å². The largest absolute Gasteiger partial charge is 0.393 e. The number of hydrogen-bond donors (Lipinski definition) is 3. The average Bonchev–Trinajstić information content (AvgIpc) is 3.07. The lowest BCUT2D eigenvalue weighted by Crippen LogP contribution is -2.54. The molecule has 0 spiro atoms. The van der Waals surface area contributed by atoms with E-state index in [2.05, 4.69) is 47.3 Å². The van der Waals surface area contributed by atoms with Crippen molar-refractivity contribution in [1.82, 2.24) is 0 Å². The first-order chi connectivity index (χ1) is 14.5. The van der Waals surface area contributed by atoms with Crippen molar-refractivity contribution in [2.24, 2.45) is 46.3 Å². The molecule has 3 fully saturated rings. The molecule has 0 aliphatic heterocycles. The maximum absolute atomic E-state index is 11.1. The molecule has 3 N–H and O–H groups in total. The summed E-state index contributed by atoms with van der Waals surface area (Å²) in [4.78, 5) is 0. The van der Waals surface area contributed by atoms with Crippen molar-refractivity contribution in [3.8, 4) is 0 Å². The standard InChI is InChI=1S/C28H46O3/c1-16(2)17(3)15-25(30)18(4)20-9-10-21-19-7-8-23-26(31)24(29)12-14-28(23,6)22(19)11-13-27(20,21)5/h8,16,18-22,24-26,29-31H,3,7,9-15H2,1-2,4-6H3. The number of fused-ring (bicyclic) bond motifs is 5. The highest BCUT2D eigenvalue weighted by molar-refractivity contribution is 5.29. The van der Waals surface area contributed by atoms with Gasteiger partial charge in [0.15, 0.2) is 0 Å². The Morgan fingerprint density at radius 3 is 2.45 bits per heavy atom. The van der Waals surface area contributed by atoms with E-state index in [0.29, 0.717) is 47.3 Å². The van der Waals surface area contributed by atoms with Gasteiger partial charge in [0.1, 0.15) is 6.10 Å². The van der Waals surface area contributed by atoms with Crippen molar-refractivity contribution in [3.05, 3.63) is 23.8 Å². The van der Waals surface area contributed by atoms with Gasteiger partial charge in [-0.15, -0.1) is 0 Å². The fourth-order valence-corrected chi connectivity index (χ4v) is 8.58. The zero-order chi connectivity index (χ0) is 22.7. The molecule has 0 bridgehead atoms. The van der Waals surface area contributed by atoms with Gasteiger partial charge in [0.05, 0.1) is 12.2 Å². The van der Waals surface area contributed by atoms with Crippen LogP contribution in [0.3, 0.4) is 0 Å². The minimum absolute atomic E-state index is 0.0428. The summed E-state index contributed by atoms with van der Waals surface area (Å²) < 4.78 is 0. The average molecular weight is 431 g/mol. The first kappa shape index (κ1) is 23.5. The van der Waals surface area contributed by atoms with Crippen molar-refractivity contribution in [2.45, 2.75) is 104 Å². The SMILES string of the molecule is C=C(CC(O)C(C)C1CCC2C3CC=C4C(O)C(O)CCC4(C)C3CCC12C)C(C)C. The summed E-state index contributed by atoms with van der Waals surface area (Å²) >= 11 is 0. The topological polar surface area (TPSA) is 60.7 Å². The Morgan fingerprint density at radius 2 is 1.77 bits per heavy atom. The maximum Gasteiger partial charge on any atom is 0.101 e. The molecule has 4 aliphatic rings. The Kier molecular flexibility index (Phi) is 6.29. The molecule has 0 aromatic heterocycles. The fourth-order valence-electron chi connectivity index (χ4n) is 8.58. The highest BCUT2D eigenvalue weighted by Gasteiger charge is 2.60. The van der Waals surface area contributed by atoms with E-state index < -0.39 is 12.2 Å². The van der Waals surface area contributed by atoms with E-state index in [1.54, 1.807) is 0 Å². The summed E-state index contributed by atoms with van der Waals surface area (Å²) in [5.74, 6) is 3.31. The predicted molar refractivity (Wildman–Crippen MR) is 126 cm³/mol. The molecular formula is C28H46O3. The minimum atomic E-state index is -0.673. The summed E-state index contributed by atoms with van der Waals surface area (Å²) in [6.07, 6.45) is 9.18.